The fourth-order valence-corrected chi connectivity index (χ4v) is 4.05. The smallest absolute Gasteiger partial charge is 0.229 e. The molecule has 26 heavy (non-hydrogen) atoms. The van der Waals surface area contributed by atoms with Crippen LogP contribution in [0.15, 0.2) is 48.5 Å². The average molecular weight is 375 g/mol. The summed E-state index contributed by atoms with van der Waals surface area (Å²) in [5.74, 6) is 0.242. The lowest BCUT2D eigenvalue weighted by atomic mass is 9.81. The Labute approximate surface area is 155 Å². The van der Waals surface area contributed by atoms with E-state index in [-0.39, 0.29) is 5.92 Å². The first-order chi connectivity index (χ1) is 12.4. The third-order valence-electron chi connectivity index (χ3n) is 4.86. The molecular weight excluding hydrogens is 348 g/mol. The second-order valence-corrected chi connectivity index (χ2v) is 8.72. The summed E-state index contributed by atoms with van der Waals surface area (Å²) in [4.78, 5) is 0. The van der Waals surface area contributed by atoms with E-state index in [2.05, 4.69) is 16.1 Å². The maximum absolute atomic E-state index is 11.2. The molecule has 6 heteroatoms. The molecular formula is C20H26N2O3S. The number of fused-ring (bicyclic) bond motifs is 1. The summed E-state index contributed by atoms with van der Waals surface area (Å²) in [6.45, 7) is 1.62. The fraction of sp³-hybridized carbons (Fsp3) is 0.400. The topological polar surface area (TPSA) is 78.4 Å². The van der Waals surface area contributed by atoms with Crippen LogP contribution in [0.3, 0.4) is 0 Å². The molecule has 3 N–H and O–H groups in total. The number of anilines is 1. The van der Waals surface area contributed by atoms with Crippen LogP contribution in [0.5, 0.6) is 0 Å². The quantitative estimate of drug-likeness (QED) is 0.651. The monoisotopic (exact) mass is 374 g/mol. The normalized spacial score (nSPS) is 19.8. The van der Waals surface area contributed by atoms with Crippen LogP contribution in [0, 0.1) is 5.92 Å². The molecule has 0 unspecified atom stereocenters. The minimum Gasteiger partial charge on any atom is -0.388 e. The highest BCUT2D eigenvalue weighted by Gasteiger charge is 2.26. The van der Waals surface area contributed by atoms with Crippen LogP contribution in [0.25, 0.3) is 0 Å². The number of hydrogen-bond donors (Lipinski definition) is 3. The van der Waals surface area contributed by atoms with Crippen molar-refractivity contribution in [2.24, 2.45) is 5.92 Å². The zero-order valence-electron chi connectivity index (χ0n) is 15.0. The van der Waals surface area contributed by atoms with Crippen molar-refractivity contribution in [2.75, 3.05) is 24.1 Å². The lowest BCUT2D eigenvalue weighted by Crippen LogP contribution is -2.31. The summed E-state index contributed by atoms with van der Waals surface area (Å²) in [6, 6.07) is 15.6. The Bertz CT molecular complexity index is 834. The third-order valence-corrected chi connectivity index (χ3v) is 5.47. The first-order valence-electron chi connectivity index (χ1n) is 8.96. The largest absolute Gasteiger partial charge is 0.388 e. The van der Waals surface area contributed by atoms with Crippen molar-refractivity contribution in [2.45, 2.75) is 25.4 Å². The predicted octanol–water partition coefficient (Wildman–Crippen LogP) is 2.49. The number of rotatable bonds is 7. The van der Waals surface area contributed by atoms with Gasteiger partial charge < -0.3 is 10.4 Å². The number of nitrogens with one attached hydrogen (secondary N) is 2. The average Bonchev–Trinajstić information content (AvgIpc) is 2.61. The van der Waals surface area contributed by atoms with Gasteiger partial charge >= 0.3 is 0 Å². The van der Waals surface area contributed by atoms with E-state index in [0.717, 1.165) is 49.7 Å². The van der Waals surface area contributed by atoms with Gasteiger partial charge in [0.1, 0.15) is 0 Å². The van der Waals surface area contributed by atoms with Crippen molar-refractivity contribution in [1.82, 2.24) is 5.32 Å². The van der Waals surface area contributed by atoms with E-state index in [0.29, 0.717) is 5.69 Å². The van der Waals surface area contributed by atoms with Crippen molar-refractivity contribution >= 4 is 15.7 Å². The summed E-state index contributed by atoms with van der Waals surface area (Å²) in [5.41, 5.74) is 4.05. The highest BCUT2D eigenvalue weighted by atomic mass is 32.2. The molecule has 0 fully saturated rings. The van der Waals surface area contributed by atoms with E-state index in [9.17, 15) is 13.5 Å². The molecule has 0 heterocycles. The summed E-state index contributed by atoms with van der Waals surface area (Å²) in [7, 11) is -3.24. The van der Waals surface area contributed by atoms with Gasteiger partial charge in [-0.05, 0) is 54.6 Å². The van der Waals surface area contributed by atoms with Crippen LogP contribution in [0.1, 0.15) is 29.2 Å². The lowest BCUT2D eigenvalue weighted by molar-refractivity contribution is 0.0931. The summed E-state index contributed by atoms with van der Waals surface area (Å²) in [5, 5.41) is 14.0. The van der Waals surface area contributed by atoms with E-state index in [1.807, 2.05) is 30.3 Å². The Hall–Kier alpha value is -1.89. The molecule has 2 atom stereocenters. The van der Waals surface area contributed by atoms with Gasteiger partial charge in [0.25, 0.3) is 0 Å². The molecule has 3 rings (SSSR count). The molecule has 2 aromatic rings. The summed E-state index contributed by atoms with van der Waals surface area (Å²) >= 11 is 0. The maximum atomic E-state index is 11.2. The summed E-state index contributed by atoms with van der Waals surface area (Å²) < 4.78 is 24.9. The number of aliphatic hydroxyl groups is 1. The molecule has 0 saturated carbocycles. The fourth-order valence-electron chi connectivity index (χ4n) is 3.49. The summed E-state index contributed by atoms with van der Waals surface area (Å²) in [6.07, 6.45) is 3.63. The van der Waals surface area contributed by atoms with Gasteiger partial charge in [-0.2, -0.15) is 0 Å². The Balaban J connectivity index is 1.45. The second-order valence-electron chi connectivity index (χ2n) is 6.97. The van der Waals surface area contributed by atoms with Gasteiger partial charge in [0, 0.05) is 18.2 Å². The van der Waals surface area contributed by atoms with Crippen molar-refractivity contribution in [3.63, 3.8) is 0 Å². The highest BCUT2D eigenvalue weighted by Crippen LogP contribution is 2.33. The van der Waals surface area contributed by atoms with E-state index < -0.39 is 16.1 Å². The zero-order chi connectivity index (χ0) is 18.6. The molecule has 1 aliphatic rings. The standard InChI is InChI=1S/C20H26N2O3S/c1-26(24,25)22-18-10-6-15(7-11-18)12-13-21-14-17-9-8-16-4-2-3-5-19(16)20(17)23/h2-7,10-11,17,20-23H,8-9,12-14H2,1H3/t17-,20-/m1/s1. The number of hydrogen-bond acceptors (Lipinski definition) is 4. The Morgan fingerprint density at radius 1 is 1.12 bits per heavy atom. The van der Waals surface area contributed by atoms with Crippen LogP contribution in [0.4, 0.5) is 5.69 Å². The van der Waals surface area contributed by atoms with Crippen LogP contribution in [-0.4, -0.2) is 32.9 Å². The Morgan fingerprint density at radius 2 is 1.85 bits per heavy atom. The van der Waals surface area contributed by atoms with Gasteiger partial charge in [0.05, 0.1) is 12.4 Å². The molecule has 0 spiro atoms. The van der Waals surface area contributed by atoms with Crippen LogP contribution in [-0.2, 0) is 22.9 Å². The van der Waals surface area contributed by atoms with Gasteiger partial charge in [-0.3, -0.25) is 4.72 Å². The van der Waals surface area contributed by atoms with Gasteiger partial charge in [0.2, 0.25) is 10.0 Å². The van der Waals surface area contributed by atoms with Crippen LogP contribution < -0.4 is 10.0 Å². The van der Waals surface area contributed by atoms with Crippen molar-refractivity contribution in [1.29, 1.82) is 0 Å². The van der Waals surface area contributed by atoms with E-state index in [4.69, 9.17) is 0 Å². The van der Waals surface area contributed by atoms with E-state index >= 15 is 0 Å². The Morgan fingerprint density at radius 3 is 2.58 bits per heavy atom. The van der Waals surface area contributed by atoms with Gasteiger partial charge in [-0.15, -0.1) is 0 Å². The number of benzene rings is 2. The molecule has 0 aliphatic heterocycles. The molecule has 0 amide bonds. The Kier molecular flexibility index (Phi) is 5.96. The minimum absolute atomic E-state index is 0.242. The predicted molar refractivity (Wildman–Crippen MR) is 105 cm³/mol. The van der Waals surface area contributed by atoms with E-state index in [1.165, 1.54) is 5.56 Å². The molecule has 0 bridgehead atoms. The van der Waals surface area contributed by atoms with E-state index in [1.54, 1.807) is 12.1 Å². The minimum atomic E-state index is -3.24. The SMILES string of the molecule is CS(=O)(=O)Nc1ccc(CCNC[C@H]2CCc3ccccc3[C@@H]2O)cc1. The van der Waals surface area contributed by atoms with Crippen molar-refractivity contribution in [3.05, 3.63) is 65.2 Å². The van der Waals surface area contributed by atoms with Crippen LogP contribution in [0.2, 0.25) is 0 Å². The maximum Gasteiger partial charge on any atom is 0.229 e. The lowest BCUT2D eigenvalue weighted by Gasteiger charge is -2.30. The molecule has 1 aliphatic carbocycles. The van der Waals surface area contributed by atoms with Gasteiger partial charge in [-0.25, -0.2) is 8.42 Å². The third kappa shape index (κ3) is 5.06. The zero-order valence-corrected chi connectivity index (χ0v) is 15.8. The van der Waals surface area contributed by atoms with Gasteiger partial charge in [0.15, 0.2) is 0 Å². The number of sulfonamides is 1. The molecule has 0 aromatic heterocycles. The van der Waals surface area contributed by atoms with Crippen molar-refractivity contribution < 1.29 is 13.5 Å². The molecule has 2 aromatic carbocycles. The van der Waals surface area contributed by atoms with Gasteiger partial charge in [-0.1, -0.05) is 36.4 Å². The number of aryl methyl sites for hydroxylation is 1. The second kappa shape index (κ2) is 8.20. The molecule has 140 valence electrons. The first kappa shape index (κ1) is 18.9. The highest BCUT2D eigenvalue weighted by molar-refractivity contribution is 7.92. The number of aliphatic hydroxyl groups excluding tert-OH is 1. The van der Waals surface area contributed by atoms with Crippen molar-refractivity contribution in [3.8, 4) is 0 Å². The van der Waals surface area contributed by atoms with Crippen LogP contribution >= 0.6 is 0 Å². The molecule has 5 nitrogen and oxygen atoms in total. The first-order valence-corrected chi connectivity index (χ1v) is 10.8. The molecule has 0 saturated heterocycles. The molecule has 0 radical (unpaired) electrons.